The van der Waals surface area contributed by atoms with Crippen molar-refractivity contribution in [1.82, 2.24) is 10.6 Å². The minimum Gasteiger partial charge on any atom is -0.495 e. The zero-order chi connectivity index (χ0) is 13.3. The maximum Gasteiger partial charge on any atom is 0.322 e. The molecule has 18 heavy (non-hydrogen) atoms. The molecule has 1 aliphatic rings. The van der Waals surface area contributed by atoms with Crippen molar-refractivity contribution in [2.75, 3.05) is 7.11 Å². The predicted octanol–water partition coefficient (Wildman–Crippen LogP) is 0.621. The van der Waals surface area contributed by atoms with Crippen molar-refractivity contribution in [1.29, 1.82) is 5.26 Å². The summed E-state index contributed by atoms with van der Waals surface area (Å²) in [6, 6.07) is 6.19. The van der Waals surface area contributed by atoms with Gasteiger partial charge in [-0.15, -0.1) is 0 Å². The van der Waals surface area contributed by atoms with Crippen LogP contribution in [-0.4, -0.2) is 19.0 Å². The number of imide groups is 1. The van der Waals surface area contributed by atoms with E-state index in [0.717, 1.165) is 0 Å². The van der Waals surface area contributed by atoms with Crippen molar-refractivity contribution >= 4 is 11.9 Å². The van der Waals surface area contributed by atoms with Crippen LogP contribution in [0, 0.1) is 11.3 Å². The molecule has 6 nitrogen and oxygen atoms in total. The second-order valence-electron chi connectivity index (χ2n) is 4.06. The van der Waals surface area contributed by atoms with E-state index < -0.39 is 17.5 Å². The van der Waals surface area contributed by atoms with E-state index in [1.165, 1.54) is 7.11 Å². The highest BCUT2D eigenvalue weighted by molar-refractivity contribution is 6.07. The van der Waals surface area contributed by atoms with Crippen molar-refractivity contribution < 1.29 is 14.3 Å². The van der Waals surface area contributed by atoms with Gasteiger partial charge in [0.05, 0.1) is 12.7 Å². The van der Waals surface area contributed by atoms with E-state index in [2.05, 4.69) is 10.6 Å². The third-order valence-corrected chi connectivity index (χ3v) is 2.94. The fourth-order valence-electron chi connectivity index (χ4n) is 1.84. The Kier molecular flexibility index (Phi) is 2.67. The minimum absolute atomic E-state index is 0.366. The van der Waals surface area contributed by atoms with E-state index in [9.17, 15) is 9.59 Å². The Labute approximate surface area is 104 Å². The second-order valence-corrected chi connectivity index (χ2v) is 4.06. The molecule has 1 saturated heterocycles. The van der Waals surface area contributed by atoms with Crippen LogP contribution in [0.5, 0.6) is 5.75 Å². The first kappa shape index (κ1) is 11.9. The van der Waals surface area contributed by atoms with Crippen LogP contribution in [0.1, 0.15) is 18.1 Å². The number of urea groups is 1. The highest BCUT2D eigenvalue weighted by atomic mass is 16.5. The molecular weight excluding hydrogens is 234 g/mol. The molecule has 0 spiro atoms. The average Bonchev–Trinajstić information content (AvgIpc) is 2.63. The smallest absolute Gasteiger partial charge is 0.322 e. The van der Waals surface area contributed by atoms with Crippen LogP contribution in [0.4, 0.5) is 4.79 Å². The number of benzene rings is 1. The van der Waals surface area contributed by atoms with Crippen LogP contribution in [-0.2, 0) is 10.3 Å². The van der Waals surface area contributed by atoms with Gasteiger partial charge in [-0.2, -0.15) is 5.26 Å². The monoisotopic (exact) mass is 245 g/mol. The lowest BCUT2D eigenvalue weighted by Crippen LogP contribution is -2.40. The first-order valence-electron chi connectivity index (χ1n) is 5.23. The quantitative estimate of drug-likeness (QED) is 0.747. The third kappa shape index (κ3) is 1.66. The summed E-state index contributed by atoms with van der Waals surface area (Å²) in [7, 11) is 1.44. The SMILES string of the molecule is COc1cc(C2(C)NC(=O)NC2=O)ccc1C#N. The molecule has 1 unspecified atom stereocenters. The van der Waals surface area contributed by atoms with Gasteiger partial charge in [-0.3, -0.25) is 10.1 Å². The summed E-state index contributed by atoms with van der Waals surface area (Å²) >= 11 is 0. The second kappa shape index (κ2) is 4.04. The molecule has 0 saturated carbocycles. The molecule has 1 atom stereocenters. The van der Waals surface area contributed by atoms with E-state index in [1.807, 2.05) is 6.07 Å². The minimum atomic E-state index is -1.14. The van der Waals surface area contributed by atoms with Gasteiger partial charge in [0.2, 0.25) is 0 Å². The number of amides is 3. The van der Waals surface area contributed by atoms with Gasteiger partial charge in [0.1, 0.15) is 17.4 Å². The summed E-state index contributed by atoms with van der Waals surface area (Å²) in [6.07, 6.45) is 0. The Morgan fingerprint density at radius 1 is 1.39 bits per heavy atom. The van der Waals surface area contributed by atoms with Gasteiger partial charge in [0, 0.05) is 0 Å². The van der Waals surface area contributed by atoms with E-state index >= 15 is 0 Å². The molecule has 1 heterocycles. The van der Waals surface area contributed by atoms with Crippen molar-refractivity contribution in [2.24, 2.45) is 0 Å². The molecule has 2 N–H and O–H groups in total. The molecule has 1 aromatic carbocycles. The van der Waals surface area contributed by atoms with Gasteiger partial charge in [-0.1, -0.05) is 6.07 Å². The molecule has 0 bridgehead atoms. The van der Waals surface area contributed by atoms with E-state index in [-0.39, 0.29) is 0 Å². The maximum atomic E-state index is 11.8. The number of ether oxygens (including phenoxy) is 1. The highest BCUT2D eigenvalue weighted by Crippen LogP contribution is 2.29. The first-order valence-corrected chi connectivity index (χ1v) is 5.23. The normalized spacial score (nSPS) is 22.1. The lowest BCUT2D eigenvalue weighted by Gasteiger charge is -2.21. The molecule has 0 aromatic heterocycles. The van der Waals surface area contributed by atoms with Crippen molar-refractivity contribution in [2.45, 2.75) is 12.5 Å². The number of carbonyl (C=O) groups excluding carboxylic acids is 2. The van der Waals surface area contributed by atoms with Crippen molar-refractivity contribution in [3.05, 3.63) is 29.3 Å². The number of methoxy groups -OCH3 is 1. The van der Waals surface area contributed by atoms with Gasteiger partial charge >= 0.3 is 6.03 Å². The third-order valence-electron chi connectivity index (χ3n) is 2.94. The maximum absolute atomic E-state index is 11.8. The summed E-state index contributed by atoms with van der Waals surface area (Å²) in [5, 5.41) is 13.6. The van der Waals surface area contributed by atoms with Crippen LogP contribution < -0.4 is 15.4 Å². The number of nitrogens with one attached hydrogen (secondary N) is 2. The Bertz CT molecular complexity index is 576. The van der Waals surface area contributed by atoms with Gasteiger partial charge < -0.3 is 10.1 Å². The number of carbonyl (C=O) groups is 2. The van der Waals surface area contributed by atoms with Crippen molar-refractivity contribution in [3.63, 3.8) is 0 Å². The van der Waals surface area contributed by atoms with Crippen LogP contribution in [0.25, 0.3) is 0 Å². The lowest BCUT2D eigenvalue weighted by atomic mass is 9.91. The Morgan fingerprint density at radius 2 is 2.11 bits per heavy atom. The zero-order valence-corrected chi connectivity index (χ0v) is 9.90. The molecule has 6 heteroatoms. The Morgan fingerprint density at radius 3 is 2.61 bits per heavy atom. The molecule has 1 fully saturated rings. The van der Waals surface area contributed by atoms with E-state index in [4.69, 9.17) is 10.00 Å². The highest BCUT2D eigenvalue weighted by Gasteiger charge is 2.43. The molecule has 0 aliphatic carbocycles. The molecule has 1 aromatic rings. The Hall–Kier alpha value is -2.55. The molecule has 92 valence electrons. The standard InChI is InChI=1S/C12H11N3O3/c1-12(10(16)14-11(17)15-12)8-4-3-7(6-13)9(5-8)18-2/h3-5H,1-2H3,(H2,14,15,16,17). The van der Waals surface area contributed by atoms with Gasteiger partial charge in [-0.25, -0.2) is 4.79 Å². The number of nitrogens with zero attached hydrogens (tertiary/aromatic N) is 1. The topological polar surface area (TPSA) is 91.2 Å². The Balaban J connectivity index is 2.50. The van der Waals surface area contributed by atoms with Gasteiger partial charge in [0.15, 0.2) is 0 Å². The number of nitriles is 1. The van der Waals surface area contributed by atoms with Crippen LogP contribution in [0.2, 0.25) is 0 Å². The fourth-order valence-corrected chi connectivity index (χ4v) is 1.84. The van der Waals surface area contributed by atoms with Crippen LogP contribution in [0.3, 0.4) is 0 Å². The average molecular weight is 245 g/mol. The lowest BCUT2D eigenvalue weighted by molar-refractivity contribution is -0.123. The molecule has 2 rings (SSSR count). The van der Waals surface area contributed by atoms with Gasteiger partial charge in [-0.05, 0) is 24.6 Å². The summed E-state index contributed by atoms with van der Waals surface area (Å²) in [5.74, 6) is -0.0653. The summed E-state index contributed by atoms with van der Waals surface area (Å²) < 4.78 is 5.08. The summed E-state index contributed by atoms with van der Waals surface area (Å²) in [6.45, 7) is 1.59. The molecular formula is C12H11N3O3. The largest absolute Gasteiger partial charge is 0.495 e. The molecule has 3 amide bonds. The molecule has 1 aliphatic heterocycles. The predicted molar refractivity (Wildman–Crippen MR) is 61.7 cm³/mol. The zero-order valence-electron chi connectivity index (χ0n) is 9.90. The molecule has 0 radical (unpaired) electrons. The van der Waals surface area contributed by atoms with Crippen LogP contribution >= 0.6 is 0 Å². The summed E-state index contributed by atoms with van der Waals surface area (Å²) in [4.78, 5) is 23.0. The number of hydrogen-bond acceptors (Lipinski definition) is 4. The summed E-state index contributed by atoms with van der Waals surface area (Å²) in [5.41, 5.74) is -0.213. The van der Waals surface area contributed by atoms with E-state index in [1.54, 1.807) is 25.1 Å². The van der Waals surface area contributed by atoms with E-state index in [0.29, 0.717) is 16.9 Å². The fraction of sp³-hybridized carbons (Fsp3) is 0.250. The van der Waals surface area contributed by atoms with Gasteiger partial charge in [0.25, 0.3) is 5.91 Å². The van der Waals surface area contributed by atoms with Crippen LogP contribution in [0.15, 0.2) is 18.2 Å². The van der Waals surface area contributed by atoms with Crippen molar-refractivity contribution in [3.8, 4) is 11.8 Å². The number of rotatable bonds is 2. The first-order chi connectivity index (χ1) is 8.51. The number of hydrogen-bond donors (Lipinski definition) is 2.